The molecule has 3 heteroatoms. The van der Waals surface area contributed by atoms with E-state index in [4.69, 9.17) is 4.42 Å². The molecule has 0 bridgehead atoms. The second kappa shape index (κ2) is 2.51. The molecule has 1 aromatic rings. The maximum Gasteiger partial charge on any atom is 0.296 e. The minimum Gasteiger partial charge on any atom is -0.409 e. The molecule has 3 nitrogen and oxygen atoms in total. The van der Waals surface area contributed by atoms with Crippen molar-refractivity contribution in [1.29, 1.82) is 0 Å². The summed E-state index contributed by atoms with van der Waals surface area (Å²) in [5, 5.41) is 0. The second-order valence-corrected chi connectivity index (χ2v) is 3.31. The van der Waals surface area contributed by atoms with Crippen molar-refractivity contribution >= 4 is 12.2 Å². The SMILES string of the molecule is C[N+](C)(C)c1ccc(C=O)o1. The summed E-state index contributed by atoms with van der Waals surface area (Å²) in [6.45, 7) is 0. The predicted molar refractivity (Wildman–Crippen MR) is 43.7 cm³/mol. The van der Waals surface area contributed by atoms with Crippen LogP contribution in [-0.4, -0.2) is 27.4 Å². The Labute approximate surface area is 65.8 Å². The van der Waals surface area contributed by atoms with E-state index >= 15 is 0 Å². The standard InChI is InChI=1S/C8H12NO2/c1-9(2,3)8-5-4-7(6-10)11-8/h4-6H,1-3H3/q+1. The maximum absolute atomic E-state index is 10.2. The van der Waals surface area contributed by atoms with Crippen LogP contribution in [0.5, 0.6) is 0 Å². The van der Waals surface area contributed by atoms with E-state index in [0.717, 1.165) is 5.88 Å². The highest BCUT2D eigenvalue weighted by Gasteiger charge is 2.16. The van der Waals surface area contributed by atoms with Gasteiger partial charge in [0.15, 0.2) is 12.0 Å². The Balaban J connectivity index is 2.98. The van der Waals surface area contributed by atoms with Crippen molar-refractivity contribution < 1.29 is 9.21 Å². The Hall–Kier alpha value is -1.09. The molecule has 0 unspecified atom stereocenters. The molecule has 0 radical (unpaired) electrons. The fourth-order valence-electron chi connectivity index (χ4n) is 0.766. The fourth-order valence-corrected chi connectivity index (χ4v) is 0.766. The van der Waals surface area contributed by atoms with Gasteiger partial charge in [-0.3, -0.25) is 9.28 Å². The van der Waals surface area contributed by atoms with Crippen molar-refractivity contribution in [3.8, 4) is 0 Å². The van der Waals surface area contributed by atoms with E-state index in [0.29, 0.717) is 16.5 Å². The van der Waals surface area contributed by atoms with Crippen molar-refractivity contribution in [3.63, 3.8) is 0 Å². The maximum atomic E-state index is 10.2. The van der Waals surface area contributed by atoms with Crippen molar-refractivity contribution in [2.45, 2.75) is 0 Å². The van der Waals surface area contributed by atoms with E-state index < -0.39 is 0 Å². The van der Waals surface area contributed by atoms with Gasteiger partial charge in [0.2, 0.25) is 0 Å². The number of hydrogen-bond acceptors (Lipinski definition) is 2. The van der Waals surface area contributed by atoms with E-state index in [1.54, 1.807) is 6.07 Å². The Morgan fingerprint density at radius 3 is 2.27 bits per heavy atom. The lowest BCUT2D eigenvalue weighted by Crippen LogP contribution is -2.34. The number of hydrogen-bond donors (Lipinski definition) is 0. The number of carbonyl (C=O) groups excluding carboxylic acids is 1. The van der Waals surface area contributed by atoms with Gasteiger partial charge < -0.3 is 4.42 Å². The van der Waals surface area contributed by atoms with Gasteiger partial charge in [-0.2, -0.15) is 0 Å². The van der Waals surface area contributed by atoms with Gasteiger partial charge in [0.1, 0.15) is 0 Å². The van der Waals surface area contributed by atoms with Crippen LogP contribution < -0.4 is 4.48 Å². The first-order chi connectivity index (χ1) is 5.04. The highest BCUT2D eigenvalue weighted by Crippen LogP contribution is 2.18. The van der Waals surface area contributed by atoms with E-state index in [-0.39, 0.29) is 0 Å². The molecule has 1 aromatic heterocycles. The number of nitrogens with zero attached hydrogens (tertiary/aromatic N) is 1. The Morgan fingerprint density at radius 1 is 1.36 bits per heavy atom. The van der Waals surface area contributed by atoms with Crippen LogP contribution >= 0.6 is 0 Å². The van der Waals surface area contributed by atoms with Gasteiger partial charge in [0, 0.05) is 6.07 Å². The third-order valence-electron chi connectivity index (χ3n) is 1.39. The van der Waals surface area contributed by atoms with Gasteiger partial charge in [0.05, 0.1) is 21.1 Å². The fraction of sp³-hybridized carbons (Fsp3) is 0.375. The molecule has 0 aromatic carbocycles. The summed E-state index contributed by atoms with van der Waals surface area (Å²) in [7, 11) is 5.94. The van der Waals surface area contributed by atoms with Gasteiger partial charge in [-0.25, -0.2) is 0 Å². The zero-order valence-corrected chi connectivity index (χ0v) is 7.00. The molecular formula is C8H12NO2+. The lowest BCUT2D eigenvalue weighted by molar-refractivity contribution is 0.109. The molecule has 0 aliphatic rings. The highest BCUT2D eigenvalue weighted by molar-refractivity contribution is 5.71. The molecule has 0 atom stereocenters. The van der Waals surface area contributed by atoms with Gasteiger partial charge in [-0.15, -0.1) is 0 Å². The summed E-state index contributed by atoms with van der Waals surface area (Å²) in [6.07, 6.45) is 0.707. The van der Waals surface area contributed by atoms with E-state index in [1.807, 2.05) is 27.2 Å². The van der Waals surface area contributed by atoms with Crippen LogP contribution in [-0.2, 0) is 0 Å². The van der Waals surface area contributed by atoms with E-state index in [9.17, 15) is 4.79 Å². The number of furan rings is 1. The minimum absolute atomic E-state index is 0.382. The third-order valence-corrected chi connectivity index (χ3v) is 1.39. The summed E-state index contributed by atoms with van der Waals surface area (Å²) in [6, 6.07) is 3.48. The van der Waals surface area contributed by atoms with Gasteiger partial charge >= 0.3 is 0 Å². The average molecular weight is 154 g/mol. The summed E-state index contributed by atoms with van der Waals surface area (Å²) in [5.74, 6) is 1.17. The van der Waals surface area contributed by atoms with Crippen LogP contribution in [0.4, 0.5) is 5.88 Å². The summed E-state index contributed by atoms with van der Waals surface area (Å²) in [4.78, 5) is 10.2. The van der Waals surface area contributed by atoms with Crippen molar-refractivity contribution in [3.05, 3.63) is 17.9 Å². The lowest BCUT2D eigenvalue weighted by Gasteiger charge is -2.18. The van der Waals surface area contributed by atoms with Gasteiger partial charge in [-0.1, -0.05) is 0 Å². The monoisotopic (exact) mass is 154 g/mol. The molecule has 0 fully saturated rings. The first kappa shape index (κ1) is 8.01. The van der Waals surface area contributed by atoms with Crippen LogP contribution in [0, 0.1) is 0 Å². The molecule has 60 valence electrons. The molecule has 0 N–H and O–H groups in total. The molecule has 0 aliphatic carbocycles. The molecule has 11 heavy (non-hydrogen) atoms. The predicted octanol–water partition coefficient (Wildman–Crippen LogP) is 1.29. The summed E-state index contributed by atoms with van der Waals surface area (Å²) >= 11 is 0. The summed E-state index contributed by atoms with van der Waals surface area (Å²) < 4.78 is 5.79. The molecule has 0 spiro atoms. The Bertz CT molecular complexity index is 257. The zero-order chi connectivity index (χ0) is 8.48. The quantitative estimate of drug-likeness (QED) is 0.474. The largest absolute Gasteiger partial charge is 0.409 e. The normalized spacial score (nSPS) is 11.5. The topological polar surface area (TPSA) is 30.2 Å². The molecule has 1 rings (SSSR count). The van der Waals surface area contributed by atoms with Gasteiger partial charge in [0.25, 0.3) is 5.88 Å². The molecular weight excluding hydrogens is 142 g/mol. The van der Waals surface area contributed by atoms with Crippen LogP contribution in [0.15, 0.2) is 16.5 Å². The highest BCUT2D eigenvalue weighted by atomic mass is 16.4. The number of aldehydes is 1. The summed E-state index contributed by atoms with van der Waals surface area (Å²) in [5.41, 5.74) is 0. The van der Waals surface area contributed by atoms with E-state index in [2.05, 4.69) is 0 Å². The van der Waals surface area contributed by atoms with E-state index in [1.165, 1.54) is 0 Å². The lowest BCUT2D eigenvalue weighted by atomic mass is 10.5. The molecule has 0 aliphatic heterocycles. The number of carbonyl (C=O) groups is 1. The molecule has 0 saturated heterocycles. The number of quaternary nitrogens is 1. The van der Waals surface area contributed by atoms with Crippen molar-refractivity contribution in [2.24, 2.45) is 0 Å². The first-order valence-electron chi connectivity index (χ1n) is 3.41. The Morgan fingerprint density at radius 2 is 2.00 bits per heavy atom. The van der Waals surface area contributed by atoms with Crippen molar-refractivity contribution in [2.75, 3.05) is 21.1 Å². The van der Waals surface area contributed by atoms with Crippen LogP contribution in [0.25, 0.3) is 0 Å². The second-order valence-electron chi connectivity index (χ2n) is 3.31. The minimum atomic E-state index is 0.382. The molecule has 0 amide bonds. The molecule has 1 heterocycles. The zero-order valence-electron chi connectivity index (χ0n) is 7.00. The van der Waals surface area contributed by atoms with Crippen LogP contribution in [0.3, 0.4) is 0 Å². The third kappa shape index (κ3) is 1.68. The first-order valence-corrected chi connectivity index (χ1v) is 3.41. The van der Waals surface area contributed by atoms with Crippen LogP contribution in [0.1, 0.15) is 10.6 Å². The van der Waals surface area contributed by atoms with Crippen LogP contribution in [0.2, 0.25) is 0 Å². The Kier molecular flexibility index (Phi) is 1.83. The average Bonchev–Trinajstić information content (AvgIpc) is 2.32. The van der Waals surface area contributed by atoms with Gasteiger partial charge in [-0.05, 0) is 6.07 Å². The van der Waals surface area contributed by atoms with Crippen molar-refractivity contribution in [1.82, 2.24) is 4.48 Å². The smallest absolute Gasteiger partial charge is 0.296 e. The number of rotatable bonds is 2. The molecule has 0 saturated carbocycles.